The highest BCUT2D eigenvalue weighted by Crippen LogP contribution is 2.35. The molecule has 0 aliphatic carbocycles. The average Bonchev–Trinajstić information content (AvgIpc) is 2.61. The van der Waals surface area contributed by atoms with E-state index in [9.17, 15) is 10.1 Å². The molecule has 3 nitrogen and oxygen atoms in total. The predicted octanol–water partition coefficient (Wildman–Crippen LogP) is 7.23. The van der Waals surface area contributed by atoms with Gasteiger partial charge in [-0.2, -0.15) is 5.26 Å². The van der Waals surface area contributed by atoms with Gasteiger partial charge < -0.3 is 4.74 Å². The van der Waals surface area contributed by atoms with E-state index in [1.807, 2.05) is 27.7 Å². The molecule has 0 bridgehead atoms. The molecule has 0 aliphatic rings. The van der Waals surface area contributed by atoms with Gasteiger partial charge in [-0.25, -0.2) is 0 Å². The van der Waals surface area contributed by atoms with Gasteiger partial charge in [0.15, 0.2) is 5.41 Å². The van der Waals surface area contributed by atoms with E-state index >= 15 is 0 Å². The molecule has 0 atom stereocenters. The van der Waals surface area contributed by atoms with Crippen molar-refractivity contribution in [3.05, 3.63) is 47.6 Å². The van der Waals surface area contributed by atoms with Crippen molar-refractivity contribution < 1.29 is 9.53 Å². The van der Waals surface area contributed by atoms with Crippen LogP contribution in [-0.4, -0.2) is 12.6 Å². The Morgan fingerprint density at radius 1 is 0.964 bits per heavy atom. The number of esters is 1. The van der Waals surface area contributed by atoms with E-state index in [-0.39, 0.29) is 6.61 Å². The normalized spacial score (nSPS) is 14.1. The fraction of sp³-hybridized carbons (Fsp3) is 0.600. The van der Waals surface area contributed by atoms with Crippen molar-refractivity contribution in [2.75, 3.05) is 6.61 Å². The summed E-state index contributed by atoms with van der Waals surface area (Å²) in [6, 6.07) is 2.29. The van der Waals surface area contributed by atoms with Crippen molar-refractivity contribution in [3.8, 4) is 6.07 Å². The highest BCUT2D eigenvalue weighted by atomic mass is 16.5. The molecule has 0 aromatic rings. The topological polar surface area (TPSA) is 50.1 Å². The summed E-state index contributed by atoms with van der Waals surface area (Å²) < 4.78 is 5.28. The molecule has 0 fully saturated rings. The minimum absolute atomic E-state index is 0.283. The van der Waals surface area contributed by atoms with Gasteiger partial charge in [0.25, 0.3) is 0 Å². The third-order valence-corrected chi connectivity index (χ3v) is 4.64. The molecule has 0 N–H and O–H groups in total. The maximum atomic E-state index is 12.7. The molecule has 0 aliphatic heterocycles. The molecule has 0 unspecified atom stereocenters. The molecule has 0 saturated carbocycles. The summed E-state index contributed by atoms with van der Waals surface area (Å²) >= 11 is 0. The van der Waals surface area contributed by atoms with Gasteiger partial charge in [-0.05, 0) is 86.0 Å². The van der Waals surface area contributed by atoms with Crippen LogP contribution in [0.3, 0.4) is 0 Å². The summed E-state index contributed by atoms with van der Waals surface area (Å²) in [5.41, 5.74) is 3.32. The third-order valence-electron chi connectivity index (χ3n) is 4.64. The zero-order chi connectivity index (χ0) is 21.6. The fourth-order valence-electron chi connectivity index (χ4n) is 3.20. The van der Waals surface area contributed by atoms with E-state index in [2.05, 4.69) is 31.4 Å². The van der Waals surface area contributed by atoms with Gasteiger partial charge in [0.05, 0.1) is 12.7 Å². The van der Waals surface area contributed by atoms with Gasteiger partial charge in [0, 0.05) is 0 Å². The second kappa shape index (κ2) is 14.0. The number of unbranched alkanes of at least 4 members (excludes halogenated alkanes) is 2. The lowest BCUT2D eigenvalue weighted by Gasteiger charge is -2.25. The molecule has 156 valence electrons. The lowest BCUT2D eigenvalue weighted by molar-refractivity contribution is -0.152. The molecular formula is C25H39NO2. The van der Waals surface area contributed by atoms with Crippen LogP contribution in [0.25, 0.3) is 0 Å². The number of hydrogen-bond acceptors (Lipinski definition) is 3. The van der Waals surface area contributed by atoms with E-state index < -0.39 is 11.4 Å². The SMILES string of the molecule is C=C(C)CCCC=C(C)CC(C#N)(CC(C)=CCCCC(=C)C)C(=O)OCC. The Morgan fingerprint density at radius 2 is 1.39 bits per heavy atom. The zero-order valence-electron chi connectivity index (χ0n) is 18.7. The Labute approximate surface area is 172 Å². The van der Waals surface area contributed by atoms with E-state index in [0.29, 0.717) is 12.8 Å². The summed E-state index contributed by atoms with van der Waals surface area (Å²) in [6.07, 6.45) is 11.0. The number of ether oxygens (including phenoxy) is 1. The predicted molar refractivity (Wildman–Crippen MR) is 119 cm³/mol. The first-order valence-corrected chi connectivity index (χ1v) is 10.3. The Balaban J connectivity index is 5.21. The second-order valence-corrected chi connectivity index (χ2v) is 8.07. The molecule has 0 amide bonds. The van der Waals surface area contributed by atoms with Crippen LogP contribution in [0, 0.1) is 16.7 Å². The van der Waals surface area contributed by atoms with Gasteiger partial charge >= 0.3 is 5.97 Å². The largest absolute Gasteiger partial charge is 0.465 e. The van der Waals surface area contributed by atoms with E-state index in [1.54, 1.807) is 6.92 Å². The first-order chi connectivity index (χ1) is 13.2. The highest BCUT2D eigenvalue weighted by molar-refractivity contribution is 5.81. The lowest BCUT2D eigenvalue weighted by atomic mass is 9.77. The van der Waals surface area contributed by atoms with Gasteiger partial charge in [-0.15, -0.1) is 13.2 Å². The van der Waals surface area contributed by atoms with Crippen molar-refractivity contribution in [2.24, 2.45) is 5.41 Å². The third kappa shape index (κ3) is 10.9. The Bertz CT molecular complexity index is 593. The molecule has 0 rings (SSSR count). The zero-order valence-corrected chi connectivity index (χ0v) is 18.7. The average molecular weight is 386 g/mol. The number of hydrogen-bond donors (Lipinski definition) is 0. The standard InChI is InChI=1S/C25H39NO2/c1-8-28-24(27)25(19-26,17-22(6)15-11-9-13-20(2)3)18-23(7)16-12-10-14-21(4)5/h15-16H,2,4,8-14,17-18H2,1,3,5-7H3. The maximum Gasteiger partial charge on any atom is 0.327 e. The van der Waals surface area contributed by atoms with Crippen LogP contribution in [0.4, 0.5) is 0 Å². The molecule has 0 spiro atoms. The number of carbonyl (C=O) groups excluding carboxylic acids is 1. The number of rotatable bonds is 14. The Morgan fingerprint density at radius 3 is 1.71 bits per heavy atom. The van der Waals surface area contributed by atoms with Crippen molar-refractivity contribution in [1.82, 2.24) is 0 Å². The Hall–Kier alpha value is -2.08. The van der Waals surface area contributed by atoms with E-state index in [4.69, 9.17) is 4.74 Å². The van der Waals surface area contributed by atoms with Crippen molar-refractivity contribution in [3.63, 3.8) is 0 Å². The van der Waals surface area contributed by atoms with Gasteiger partial charge in [-0.3, -0.25) is 4.79 Å². The highest BCUT2D eigenvalue weighted by Gasteiger charge is 2.40. The lowest BCUT2D eigenvalue weighted by Crippen LogP contribution is -2.32. The van der Waals surface area contributed by atoms with Crippen molar-refractivity contribution in [1.29, 1.82) is 5.26 Å². The minimum Gasteiger partial charge on any atom is -0.465 e. The van der Waals surface area contributed by atoms with Crippen molar-refractivity contribution in [2.45, 2.75) is 86.0 Å². The van der Waals surface area contributed by atoms with Crippen LogP contribution in [0.2, 0.25) is 0 Å². The summed E-state index contributed by atoms with van der Waals surface area (Å²) in [5.74, 6) is -0.415. The van der Waals surface area contributed by atoms with Gasteiger partial charge in [0.2, 0.25) is 0 Å². The Kier molecular flexibility index (Phi) is 13.0. The van der Waals surface area contributed by atoms with Crippen molar-refractivity contribution >= 4 is 5.97 Å². The number of allylic oxidation sites excluding steroid dienone is 6. The summed E-state index contributed by atoms with van der Waals surface area (Å²) in [5, 5.41) is 9.93. The molecule has 0 saturated heterocycles. The van der Waals surface area contributed by atoms with E-state index in [0.717, 1.165) is 49.7 Å². The van der Waals surface area contributed by atoms with E-state index in [1.165, 1.54) is 11.1 Å². The molecule has 28 heavy (non-hydrogen) atoms. The molecule has 0 aromatic heterocycles. The smallest absolute Gasteiger partial charge is 0.327 e. The van der Waals surface area contributed by atoms with Crippen LogP contribution in [-0.2, 0) is 9.53 Å². The number of nitriles is 1. The van der Waals surface area contributed by atoms with Crippen LogP contribution in [0.1, 0.15) is 86.0 Å². The van der Waals surface area contributed by atoms with Crippen LogP contribution < -0.4 is 0 Å². The van der Waals surface area contributed by atoms with Crippen LogP contribution in [0.15, 0.2) is 47.6 Å². The summed E-state index contributed by atoms with van der Waals surface area (Å²) in [6.45, 7) is 18.0. The molecule has 3 heteroatoms. The van der Waals surface area contributed by atoms with Gasteiger partial charge in [0.1, 0.15) is 0 Å². The molecular weight excluding hydrogens is 346 g/mol. The maximum absolute atomic E-state index is 12.7. The molecule has 0 radical (unpaired) electrons. The van der Waals surface area contributed by atoms with Crippen LogP contribution in [0.5, 0.6) is 0 Å². The minimum atomic E-state index is -1.15. The summed E-state index contributed by atoms with van der Waals surface area (Å²) in [4.78, 5) is 12.7. The second-order valence-electron chi connectivity index (χ2n) is 8.07. The first kappa shape index (κ1) is 25.9. The quantitative estimate of drug-likeness (QED) is 0.180. The monoisotopic (exact) mass is 385 g/mol. The van der Waals surface area contributed by atoms with Gasteiger partial charge in [-0.1, -0.05) is 34.4 Å². The summed E-state index contributed by atoms with van der Waals surface area (Å²) in [7, 11) is 0. The molecule has 0 aromatic carbocycles. The number of carbonyl (C=O) groups is 1. The molecule has 0 heterocycles. The first-order valence-electron chi connectivity index (χ1n) is 10.3. The number of nitrogens with zero attached hydrogens (tertiary/aromatic N) is 1. The van der Waals surface area contributed by atoms with Crippen LogP contribution >= 0.6 is 0 Å². The fourth-order valence-corrected chi connectivity index (χ4v) is 3.20.